The highest BCUT2D eigenvalue weighted by atomic mass is 32.2. The molecule has 0 saturated carbocycles. The first-order valence-electron chi connectivity index (χ1n) is 7.11. The van der Waals surface area contributed by atoms with Crippen LogP contribution in [-0.2, 0) is 22.1 Å². The van der Waals surface area contributed by atoms with Crippen LogP contribution in [0.2, 0.25) is 0 Å². The van der Waals surface area contributed by atoms with Crippen LogP contribution in [0.3, 0.4) is 0 Å². The number of carbonyl (C=O) groups excluding carboxylic acids is 2. The maximum atomic E-state index is 12.0. The minimum absolute atomic E-state index is 0.0130. The van der Waals surface area contributed by atoms with Gasteiger partial charge in [-0.3, -0.25) is 4.79 Å². The van der Waals surface area contributed by atoms with Gasteiger partial charge in [0.15, 0.2) is 5.78 Å². The van der Waals surface area contributed by atoms with Crippen molar-refractivity contribution in [1.82, 2.24) is 0 Å². The lowest BCUT2D eigenvalue weighted by Gasteiger charge is -2.06. The second kappa shape index (κ2) is 8.50. The zero-order valence-corrected chi connectivity index (χ0v) is 13.9. The Bertz CT molecular complexity index is 662. The molecule has 0 radical (unpaired) electrons. The number of Topliss-reactive ketones (excluding diaryl/α,β-unsaturated/α-hetero) is 1. The summed E-state index contributed by atoms with van der Waals surface area (Å²) < 4.78 is 10.5. The summed E-state index contributed by atoms with van der Waals surface area (Å²) in [7, 11) is 0. The van der Waals surface area contributed by atoms with Gasteiger partial charge in [-0.15, -0.1) is 0 Å². The molecule has 120 valence electrons. The van der Waals surface area contributed by atoms with Crippen LogP contribution in [0.4, 0.5) is 0 Å². The average molecular weight is 330 g/mol. The van der Waals surface area contributed by atoms with E-state index in [9.17, 15) is 9.59 Å². The van der Waals surface area contributed by atoms with E-state index in [4.69, 9.17) is 8.92 Å². The molecular weight excluding hydrogens is 312 g/mol. The van der Waals surface area contributed by atoms with Crippen LogP contribution in [0, 0.1) is 0 Å². The predicted molar refractivity (Wildman–Crippen MR) is 90.3 cm³/mol. The fourth-order valence-corrected chi connectivity index (χ4v) is 2.19. The molecule has 23 heavy (non-hydrogen) atoms. The summed E-state index contributed by atoms with van der Waals surface area (Å²) >= 11 is 1.30. The monoisotopic (exact) mass is 330 g/mol. The van der Waals surface area contributed by atoms with Crippen molar-refractivity contribution in [2.75, 3.05) is 6.26 Å². The first-order chi connectivity index (χ1) is 11.1. The van der Waals surface area contributed by atoms with Crippen LogP contribution < -0.4 is 0 Å². The molecular formula is C18H18O4S. The minimum atomic E-state index is -0.377. The highest BCUT2D eigenvalue weighted by Crippen LogP contribution is 2.11. The third kappa shape index (κ3) is 5.23. The lowest BCUT2D eigenvalue weighted by molar-refractivity contribution is 0.0472. The van der Waals surface area contributed by atoms with E-state index in [-0.39, 0.29) is 18.4 Å². The van der Waals surface area contributed by atoms with Gasteiger partial charge in [0.25, 0.3) is 0 Å². The topological polar surface area (TPSA) is 52.6 Å². The van der Waals surface area contributed by atoms with Crippen molar-refractivity contribution in [2.45, 2.75) is 20.1 Å². The van der Waals surface area contributed by atoms with Crippen molar-refractivity contribution in [3.8, 4) is 0 Å². The van der Waals surface area contributed by atoms with Gasteiger partial charge >= 0.3 is 5.97 Å². The zero-order chi connectivity index (χ0) is 16.7. The first kappa shape index (κ1) is 17.2. The number of esters is 1. The van der Waals surface area contributed by atoms with Gasteiger partial charge in [0.2, 0.25) is 0 Å². The average Bonchev–Trinajstić information content (AvgIpc) is 2.58. The first-order valence-corrected chi connectivity index (χ1v) is 8.26. The van der Waals surface area contributed by atoms with Crippen LogP contribution in [0.15, 0.2) is 48.5 Å². The van der Waals surface area contributed by atoms with E-state index in [0.29, 0.717) is 17.7 Å². The molecule has 0 aromatic heterocycles. The standard InChI is InChI=1S/C18H18O4S/c1-13(19)16-7-3-14(4-8-16)11-21-18(20)17-9-5-15(6-10-17)12-22-23-2/h3-10H,11-12H2,1-2H3. The number of carbonyl (C=O) groups is 2. The van der Waals surface area contributed by atoms with E-state index in [1.807, 2.05) is 18.4 Å². The van der Waals surface area contributed by atoms with Gasteiger partial charge in [0, 0.05) is 11.8 Å². The highest BCUT2D eigenvalue weighted by molar-refractivity contribution is 7.93. The van der Waals surface area contributed by atoms with Crippen LogP contribution in [-0.4, -0.2) is 18.0 Å². The molecule has 4 nitrogen and oxygen atoms in total. The Labute approximate surface area is 140 Å². The van der Waals surface area contributed by atoms with Crippen molar-refractivity contribution >= 4 is 23.8 Å². The molecule has 0 fully saturated rings. The molecule has 0 saturated heterocycles. The largest absolute Gasteiger partial charge is 0.457 e. The summed E-state index contributed by atoms with van der Waals surface area (Å²) in [5, 5.41) is 0. The molecule has 2 rings (SSSR count). The second-order valence-corrected chi connectivity index (χ2v) is 5.52. The zero-order valence-electron chi connectivity index (χ0n) is 13.1. The number of rotatable bonds is 7. The van der Waals surface area contributed by atoms with Crippen molar-refractivity contribution in [3.63, 3.8) is 0 Å². The summed E-state index contributed by atoms with van der Waals surface area (Å²) in [6.07, 6.45) is 1.86. The predicted octanol–water partition coefficient (Wildman–Crippen LogP) is 4.04. The molecule has 0 bridgehead atoms. The molecule has 0 spiro atoms. The Kier molecular flexibility index (Phi) is 6.38. The molecule has 2 aromatic carbocycles. The van der Waals surface area contributed by atoms with Crippen molar-refractivity contribution in [1.29, 1.82) is 0 Å². The lowest BCUT2D eigenvalue weighted by atomic mass is 10.1. The maximum absolute atomic E-state index is 12.0. The number of hydrogen-bond donors (Lipinski definition) is 0. The van der Waals surface area contributed by atoms with Crippen LogP contribution in [0.5, 0.6) is 0 Å². The fourth-order valence-electron chi connectivity index (χ4n) is 1.93. The van der Waals surface area contributed by atoms with Crippen LogP contribution in [0.25, 0.3) is 0 Å². The Hall–Kier alpha value is -2.11. The summed E-state index contributed by atoms with van der Waals surface area (Å²) in [4.78, 5) is 23.2. The number of ether oxygens (including phenoxy) is 1. The fraction of sp³-hybridized carbons (Fsp3) is 0.222. The van der Waals surface area contributed by atoms with E-state index in [1.165, 1.54) is 19.0 Å². The van der Waals surface area contributed by atoms with E-state index in [0.717, 1.165) is 11.1 Å². The Morgan fingerprint density at radius 1 is 0.870 bits per heavy atom. The highest BCUT2D eigenvalue weighted by Gasteiger charge is 2.08. The van der Waals surface area contributed by atoms with E-state index in [1.54, 1.807) is 36.4 Å². The van der Waals surface area contributed by atoms with Gasteiger partial charge in [-0.2, -0.15) is 0 Å². The lowest BCUT2D eigenvalue weighted by Crippen LogP contribution is -2.05. The minimum Gasteiger partial charge on any atom is -0.457 e. The molecule has 0 amide bonds. The van der Waals surface area contributed by atoms with Gasteiger partial charge in [0.05, 0.1) is 12.2 Å². The van der Waals surface area contributed by atoms with Gasteiger partial charge in [-0.25, -0.2) is 4.79 Å². The Morgan fingerprint density at radius 2 is 1.39 bits per heavy atom. The normalized spacial score (nSPS) is 10.3. The smallest absolute Gasteiger partial charge is 0.338 e. The summed E-state index contributed by atoms with van der Waals surface area (Å²) in [6.45, 7) is 2.19. The quantitative estimate of drug-likeness (QED) is 0.436. The molecule has 0 aliphatic rings. The summed E-state index contributed by atoms with van der Waals surface area (Å²) in [5.41, 5.74) is 2.98. The molecule has 0 N–H and O–H groups in total. The Morgan fingerprint density at radius 3 is 1.91 bits per heavy atom. The number of benzene rings is 2. The molecule has 0 heterocycles. The van der Waals surface area contributed by atoms with Crippen LogP contribution in [0.1, 0.15) is 38.8 Å². The van der Waals surface area contributed by atoms with Crippen molar-refractivity contribution < 1.29 is 18.5 Å². The van der Waals surface area contributed by atoms with E-state index in [2.05, 4.69) is 0 Å². The van der Waals surface area contributed by atoms with Crippen molar-refractivity contribution in [2.24, 2.45) is 0 Å². The van der Waals surface area contributed by atoms with Gasteiger partial charge < -0.3 is 8.92 Å². The summed E-state index contributed by atoms with van der Waals surface area (Å²) in [5.74, 6) is -0.364. The number of hydrogen-bond acceptors (Lipinski definition) is 5. The molecule has 0 atom stereocenters. The molecule has 5 heteroatoms. The SMILES string of the molecule is CSOCc1ccc(C(=O)OCc2ccc(C(C)=O)cc2)cc1. The van der Waals surface area contributed by atoms with Crippen LogP contribution >= 0.6 is 12.0 Å². The van der Waals surface area contributed by atoms with Gasteiger partial charge in [0.1, 0.15) is 6.61 Å². The van der Waals surface area contributed by atoms with Gasteiger partial charge in [-0.05, 0) is 42.2 Å². The molecule has 0 aliphatic heterocycles. The van der Waals surface area contributed by atoms with E-state index >= 15 is 0 Å². The summed E-state index contributed by atoms with van der Waals surface area (Å²) in [6, 6.07) is 14.2. The Balaban J connectivity index is 1.90. The number of ketones is 1. The molecule has 0 unspecified atom stereocenters. The second-order valence-electron chi connectivity index (χ2n) is 4.96. The third-order valence-corrected chi connectivity index (χ3v) is 3.62. The molecule has 0 aliphatic carbocycles. The third-order valence-electron chi connectivity index (χ3n) is 3.26. The van der Waals surface area contributed by atoms with Gasteiger partial charge in [-0.1, -0.05) is 36.4 Å². The van der Waals surface area contributed by atoms with Crippen molar-refractivity contribution in [3.05, 3.63) is 70.8 Å². The molecule has 2 aromatic rings. The van der Waals surface area contributed by atoms with E-state index < -0.39 is 0 Å². The maximum Gasteiger partial charge on any atom is 0.338 e.